The number of amides is 9. The zero-order chi connectivity index (χ0) is 59.0. The minimum absolute atomic E-state index is 0.0917. The standard InChI is InChI=1S/C58H97FN10O9/c1-34(2)30-43(48(71)63-45(32-36(5)6)50(73)66-58(13,14)55(78)67-57(11,12)53(76)60-37(7)33-68(15)16)64-54(77)56(9,10)65-49(72)44(31-35(3)4)62-47(70)42(28-23-39-20-18-17-19-21-39)61-51(74)46-29-22-38(8)69(46)52(75)40-24-26-41(59)27-25-40/h24-27,34-39,42-46H,17-23,28-33H2,1-16H3,(H,60,76)(H,61,74)(H,62,70)(H,63,71)(H,64,77)(H,65,72)(H,66,73)(H,67,78)/t37-,38-,42-,43-,44-,45-,46-/m0/s1. The van der Waals surface area contributed by atoms with Crippen LogP contribution < -0.4 is 42.5 Å². The molecule has 19 nitrogen and oxygen atoms in total. The lowest BCUT2D eigenvalue weighted by atomic mass is 9.85. The predicted octanol–water partition coefficient (Wildman–Crippen LogP) is 5.01. The number of hydrogen-bond donors (Lipinski definition) is 8. The second-order valence-corrected chi connectivity index (χ2v) is 25.3. The highest BCUT2D eigenvalue weighted by Gasteiger charge is 2.43. The van der Waals surface area contributed by atoms with Crippen molar-refractivity contribution >= 4 is 53.2 Å². The van der Waals surface area contributed by atoms with Crippen LogP contribution in [0.3, 0.4) is 0 Å². The van der Waals surface area contributed by atoms with Crippen molar-refractivity contribution in [3.8, 4) is 0 Å². The number of likely N-dealkylation sites (N-methyl/N-ethyl adjacent to an activating group) is 1. The zero-order valence-corrected chi connectivity index (χ0v) is 49.8. The van der Waals surface area contributed by atoms with E-state index in [1.807, 2.05) is 74.4 Å². The van der Waals surface area contributed by atoms with Crippen LogP contribution >= 0.6 is 0 Å². The quantitative estimate of drug-likeness (QED) is 0.0557. The van der Waals surface area contributed by atoms with Crippen molar-refractivity contribution < 1.29 is 47.5 Å². The summed E-state index contributed by atoms with van der Waals surface area (Å²) in [5, 5.41) is 22.6. The Morgan fingerprint density at radius 2 is 1.01 bits per heavy atom. The molecule has 2 fully saturated rings. The number of likely N-dealkylation sites (tertiary alicyclic amines) is 1. The first-order valence-corrected chi connectivity index (χ1v) is 28.4. The molecular formula is C58H97FN10O9. The summed E-state index contributed by atoms with van der Waals surface area (Å²) in [4.78, 5) is 129. The molecule has 0 bridgehead atoms. The molecule has 9 amide bonds. The van der Waals surface area contributed by atoms with E-state index in [-0.39, 0.29) is 54.7 Å². The van der Waals surface area contributed by atoms with E-state index < -0.39 is 106 Å². The van der Waals surface area contributed by atoms with Gasteiger partial charge in [-0.25, -0.2) is 4.39 Å². The Hall–Kier alpha value is -5.66. The minimum atomic E-state index is -1.64. The van der Waals surface area contributed by atoms with Crippen molar-refractivity contribution in [2.75, 3.05) is 20.6 Å². The molecule has 440 valence electrons. The highest BCUT2D eigenvalue weighted by molar-refractivity contribution is 6.01. The number of carbonyl (C=O) groups is 9. The third kappa shape index (κ3) is 20.9. The van der Waals surface area contributed by atoms with Crippen molar-refractivity contribution in [3.05, 3.63) is 35.6 Å². The van der Waals surface area contributed by atoms with E-state index in [4.69, 9.17) is 0 Å². The molecule has 1 aliphatic carbocycles. The maximum absolute atomic E-state index is 14.5. The first kappa shape index (κ1) is 66.6. The second-order valence-electron chi connectivity index (χ2n) is 25.3. The van der Waals surface area contributed by atoms with Crippen LogP contribution in [0.1, 0.15) is 184 Å². The lowest BCUT2D eigenvalue weighted by Gasteiger charge is -2.34. The molecule has 7 atom stereocenters. The van der Waals surface area contributed by atoms with E-state index in [0.717, 1.165) is 32.1 Å². The van der Waals surface area contributed by atoms with E-state index in [1.165, 1.54) is 56.9 Å². The Morgan fingerprint density at radius 3 is 1.50 bits per heavy atom. The average molecular weight is 1100 g/mol. The van der Waals surface area contributed by atoms with Gasteiger partial charge in [-0.05, 0) is 162 Å². The van der Waals surface area contributed by atoms with Gasteiger partial charge in [0.15, 0.2) is 0 Å². The van der Waals surface area contributed by atoms with E-state index in [0.29, 0.717) is 38.1 Å². The first-order chi connectivity index (χ1) is 36.1. The van der Waals surface area contributed by atoms with Gasteiger partial charge in [-0.1, -0.05) is 73.6 Å². The Balaban J connectivity index is 1.79. The number of rotatable bonds is 28. The lowest BCUT2D eigenvalue weighted by molar-refractivity contribution is -0.139. The molecule has 2 aliphatic rings. The Labute approximate surface area is 464 Å². The second kappa shape index (κ2) is 29.5. The fraction of sp³-hybridized carbons (Fsp3) is 0.741. The highest BCUT2D eigenvalue weighted by atomic mass is 19.1. The number of nitrogens with zero attached hydrogens (tertiary/aromatic N) is 2. The molecule has 1 aromatic carbocycles. The summed E-state index contributed by atoms with van der Waals surface area (Å²) in [6, 6.07) is -0.717. The summed E-state index contributed by atoms with van der Waals surface area (Å²) >= 11 is 0. The fourth-order valence-electron chi connectivity index (χ4n) is 10.1. The molecule has 0 aromatic heterocycles. The number of benzene rings is 1. The number of nitrogens with one attached hydrogen (secondary N) is 8. The molecule has 1 aliphatic heterocycles. The van der Waals surface area contributed by atoms with Gasteiger partial charge in [0.1, 0.15) is 52.6 Å². The van der Waals surface area contributed by atoms with Crippen LogP contribution in [0.5, 0.6) is 0 Å². The molecular weight excluding hydrogens is 1000 g/mol. The van der Waals surface area contributed by atoms with E-state index in [9.17, 15) is 47.5 Å². The molecule has 1 saturated carbocycles. The molecule has 20 heteroatoms. The van der Waals surface area contributed by atoms with Gasteiger partial charge in [-0.15, -0.1) is 0 Å². The van der Waals surface area contributed by atoms with E-state index in [1.54, 1.807) is 13.8 Å². The van der Waals surface area contributed by atoms with E-state index in [2.05, 4.69) is 42.5 Å². The third-order valence-corrected chi connectivity index (χ3v) is 14.5. The van der Waals surface area contributed by atoms with Crippen LogP contribution in [0.4, 0.5) is 4.39 Å². The van der Waals surface area contributed by atoms with Crippen molar-refractivity contribution in [1.82, 2.24) is 52.3 Å². The number of halogens is 1. The molecule has 8 N–H and O–H groups in total. The van der Waals surface area contributed by atoms with Gasteiger partial charge in [0.25, 0.3) is 5.91 Å². The zero-order valence-electron chi connectivity index (χ0n) is 49.8. The summed E-state index contributed by atoms with van der Waals surface area (Å²) in [5.74, 6) is -5.67. The van der Waals surface area contributed by atoms with Crippen LogP contribution in [0.2, 0.25) is 0 Å². The smallest absolute Gasteiger partial charge is 0.254 e. The van der Waals surface area contributed by atoms with Crippen LogP contribution in [-0.2, 0) is 38.4 Å². The van der Waals surface area contributed by atoms with Crippen LogP contribution in [0, 0.1) is 29.5 Å². The molecule has 3 rings (SSSR count). The summed E-state index contributed by atoms with van der Waals surface area (Å²) in [7, 11) is 3.76. The lowest BCUT2D eigenvalue weighted by Crippen LogP contribution is -2.65. The maximum Gasteiger partial charge on any atom is 0.254 e. The molecule has 78 heavy (non-hydrogen) atoms. The summed E-state index contributed by atoms with van der Waals surface area (Å²) in [6.45, 7) is 24.6. The van der Waals surface area contributed by atoms with Gasteiger partial charge < -0.3 is 52.3 Å². The Kier molecular flexibility index (Phi) is 25.2. The topological polar surface area (TPSA) is 256 Å². The highest BCUT2D eigenvalue weighted by Crippen LogP contribution is 2.30. The molecule has 0 spiro atoms. The predicted molar refractivity (Wildman–Crippen MR) is 300 cm³/mol. The van der Waals surface area contributed by atoms with Crippen LogP contribution in [-0.4, -0.2) is 143 Å². The third-order valence-electron chi connectivity index (χ3n) is 14.5. The van der Waals surface area contributed by atoms with Gasteiger partial charge in [0.2, 0.25) is 47.3 Å². The summed E-state index contributed by atoms with van der Waals surface area (Å²) in [6.07, 6.45) is 7.68. The van der Waals surface area contributed by atoms with Gasteiger partial charge in [0, 0.05) is 24.2 Å². The van der Waals surface area contributed by atoms with Gasteiger partial charge in [-0.2, -0.15) is 0 Å². The molecule has 0 radical (unpaired) electrons. The maximum atomic E-state index is 14.5. The summed E-state index contributed by atoms with van der Waals surface area (Å²) in [5.41, 5.74) is -4.26. The largest absolute Gasteiger partial charge is 0.350 e. The SMILES string of the molecule is CC(C)C[C@H](NC(=O)[C@H](CCC1CCCCC1)NC(=O)[C@@H]1CC[C@H](C)N1C(=O)c1ccc(F)cc1)C(=O)NC(C)(C)C(=O)N[C@@H](CC(C)C)C(=O)N[C@@H](CC(C)C)C(=O)NC(C)(C)C(=O)NC(C)(C)C(=O)N[C@@H](C)CN(C)C. The first-order valence-electron chi connectivity index (χ1n) is 28.4. The van der Waals surface area contributed by atoms with Gasteiger partial charge in [-0.3, -0.25) is 43.2 Å². The van der Waals surface area contributed by atoms with E-state index >= 15 is 0 Å². The van der Waals surface area contributed by atoms with Gasteiger partial charge >= 0.3 is 0 Å². The molecule has 1 heterocycles. The van der Waals surface area contributed by atoms with Crippen molar-refractivity contribution in [2.24, 2.45) is 23.7 Å². The average Bonchev–Trinajstić information content (AvgIpc) is 3.72. The van der Waals surface area contributed by atoms with Crippen molar-refractivity contribution in [2.45, 2.75) is 233 Å². The van der Waals surface area contributed by atoms with Gasteiger partial charge in [0.05, 0.1) is 0 Å². The number of hydrogen-bond acceptors (Lipinski definition) is 10. The monoisotopic (exact) mass is 1100 g/mol. The Bertz CT molecular complexity index is 2230. The summed E-state index contributed by atoms with van der Waals surface area (Å²) < 4.78 is 13.8. The van der Waals surface area contributed by atoms with Crippen molar-refractivity contribution in [1.29, 1.82) is 0 Å². The number of carbonyl (C=O) groups excluding carboxylic acids is 9. The molecule has 1 saturated heterocycles. The Morgan fingerprint density at radius 1 is 0.564 bits per heavy atom. The fourth-order valence-corrected chi connectivity index (χ4v) is 10.1. The molecule has 1 aromatic rings. The molecule has 0 unspecified atom stereocenters. The minimum Gasteiger partial charge on any atom is -0.350 e. The van der Waals surface area contributed by atoms with Crippen LogP contribution in [0.25, 0.3) is 0 Å². The van der Waals surface area contributed by atoms with Crippen molar-refractivity contribution in [3.63, 3.8) is 0 Å². The normalized spacial score (nSPS) is 18.3. The van der Waals surface area contributed by atoms with Crippen LogP contribution in [0.15, 0.2) is 24.3 Å².